The first-order valence-electron chi connectivity index (χ1n) is 7.41. The first-order chi connectivity index (χ1) is 9.83. The van der Waals surface area contributed by atoms with Gasteiger partial charge in [0.2, 0.25) is 0 Å². The summed E-state index contributed by atoms with van der Waals surface area (Å²) >= 11 is 0. The monoisotopic (exact) mass is 261 g/mol. The van der Waals surface area contributed by atoms with Gasteiger partial charge in [0, 0.05) is 11.6 Å². The van der Waals surface area contributed by atoms with Gasteiger partial charge in [-0.1, -0.05) is 60.2 Å². The first-order valence-corrected chi connectivity index (χ1v) is 7.41. The molecule has 0 bridgehead atoms. The Balaban J connectivity index is 1.77. The molecule has 2 aromatic rings. The van der Waals surface area contributed by atoms with Crippen molar-refractivity contribution in [2.24, 2.45) is 5.92 Å². The summed E-state index contributed by atoms with van der Waals surface area (Å²) in [5, 5.41) is 3.76. The highest BCUT2D eigenvalue weighted by Crippen LogP contribution is 2.49. The van der Waals surface area contributed by atoms with E-state index in [1.54, 1.807) is 0 Å². The predicted molar refractivity (Wildman–Crippen MR) is 84.0 cm³/mol. The van der Waals surface area contributed by atoms with E-state index in [1.807, 2.05) is 0 Å². The molecule has 0 saturated carbocycles. The number of fused-ring (bicyclic) bond motifs is 3. The van der Waals surface area contributed by atoms with E-state index in [0.29, 0.717) is 17.9 Å². The molecule has 1 heterocycles. The second-order valence-corrected chi connectivity index (χ2v) is 5.97. The standard InChI is InChI=1S/C19H19N/c1-13-9-11-14(12-10-13)19-17-7-4-6-15(17)16-5-2-3-8-18(16)20-19/h2-6,8-12,15,17,19-20H,7H2,1H3/t15-,17-,19-/m0/s1. The van der Waals surface area contributed by atoms with E-state index in [2.05, 4.69) is 72.9 Å². The highest BCUT2D eigenvalue weighted by molar-refractivity contribution is 5.59. The number of allylic oxidation sites excluding steroid dienone is 2. The van der Waals surface area contributed by atoms with E-state index in [-0.39, 0.29) is 0 Å². The Hall–Kier alpha value is -2.02. The lowest BCUT2D eigenvalue weighted by Crippen LogP contribution is -2.28. The Morgan fingerprint density at radius 2 is 1.80 bits per heavy atom. The van der Waals surface area contributed by atoms with Gasteiger partial charge in [-0.05, 0) is 36.5 Å². The zero-order valence-electron chi connectivity index (χ0n) is 11.7. The minimum Gasteiger partial charge on any atom is -0.378 e. The molecule has 2 aromatic carbocycles. The Bertz CT molecular complexity index is 654. The fourth-order valence-electron chi connectivity index (χ4n) is 3.65. The van der Waals surface area contributed by atoms with Crippen LogP contribution in [0.3, 0.4) is 0 Å². The molecule has 100 valence electrons. The van der Waals surface area contributed by atoms with Crippen molar-refractivity contribution < 1.29 is 0 Å². The number of nitrogens with one attached hydrogen (secondary N) is 1. The lowest BCUT2D eigenvalue weighted by atomic mass is 9.77. The minimum atomic E-state index is 0.422. The summed E-state index contributed by atoms with van der Waals surface area (Å²) in [6.07, 6.45) is 5.91. The van der Waals surface area contributed by atoms with Crippen LogP contribution in [0.2, 0.25) is 0 Å². The molecular weight excluding hydrogens is 242 g/mol. The smallest absolute Gasteiger partial charge is 0.0553 e. The maximum absolute atomic E-state index is 3.76. The molecule has 20 heavy (non-hydrogen) atoms. The number of para-hydroxylation sites is 1. The summed E-state index contributed by atoms with van der Waals surface area (Å²) in [6.45, 7) is 2.15. The van der Waals surface area contributed by atoms with Crippen LogP contribution in [0, 0.1) is 12.8 Å². The van der Waals surface area contributed by atoms with Gasteiger partial charge in [-0.2, -0.15) is 0 Å². The molecule has 3 atom stereocenters. The zero-order chi connectivity index (χ0) is 13.5. The fourth-order valence-corrected chi connectivity index (χ4v) is 3.65. The normalized spacial score (nSPS) is 26.8. The van der Waals surface area contributed by atoms with Gasteiger partial charge in [0.15, 0.2) is 0 Å². The van der Waals surface area contributed by atoms with Crippen LogP contribution >= 0.6 is 0 Å². The van der Waals surface area contributed by atoms with Crippen molar-refractivity contribution in [3.63, 3.8) is 0 Å². The quantitative estimate of drug-likeness (QED) is 0.726. The highest BCUT2D eigenvalue weighted by atomic mass is 15.0. The fraction of sp³-hybridized carbons (Fsp3) is 0.263. The molecule has 0 aromatic heterocycles. The van der Waals surface area contributed by atoms with E-state index < -0.39 is 0 Å². The lowest BCUT2D eigenvalue weighted by Gasteiger charge is -2.37. The third-order valence-corrected chi connectivity index (χ3v) is 4.71. The molecular formula is C19H19N. The van der Waals surface area contributed by atoms with Gasteiger partial charge in [0.1, 0.15) is 0 Å². The maximum atomic E-state index is 3.76. The molecule has 0 spiro atoms. The van der Waals surface area contributed by atoms with E-state index in [0.717, 1.165) is 0 Å². The lowest BCUT2D eigenvalue weighted by molar-refractivity contribution is 0.425. The molecule has 1 N–H and O–H groups in total. The van der Waals surface area contributed by atoms with E-state index in [4.69, 9.17) is 0 Å². The third-order valence-electron chi connectivity index (χ3n) is 4.71. The van der Waals surface area contributed by atoms with Crippen LogP contribution in [0.15, 0.2) is 60.7 Å². The molecule has 1 aliphatic carbocycles. The van der Waals surface area contributed by atoms with Crippen molar-refractivity contribution in [1.82, 2.24) is 0 Å². The number of hydrogen-bond acceptors (Lipinski definition) is 1. The van der Waals surface area contributed by atoms with Crippen LogP contribution in [0.1, 0.15) is 35.1 Å². The highest BCUT2D eigenvalue weighted by Gasteiger charge is 2.37. The van der Waals surface area contributed by atoms with Crippen LogP contribution in [0.5, 0.6) is 0 Å². The van der Waals surface area contributed by atoms with Gasteiger partial charge in [-0.15, -0.1) is 0 Å². The van der Waals surface area contributed by atoms with Gasteiger partial charge >= 0.3 is 0 Å². The Labute approximate surface area is 120 Å². The van der Waals surface area contributed by atoms with Gasteiger partial charge in [-0.3, -0.25) is 0 Å². The van der Waals surface area contributed by atoms with Crippen LogP contribution in [0.4, 0.5) is 5.69 Å². The molecule has 2 aliphatic rings. The summed E-state index contributed by atoms with van der Waals surface area (Å²) in [4.78, 5) is 0. The largest absolute Gasteiger partial charge is 0.378 e. The molecule has 0 fully saturated rings. The molecule has 1 aliphatic heterocycles. The molecule has 1 nitrogen and oxygen atoms in total. The second-order valence-electron chi connectivity index (χ2n) is 5.97. The number of rotatable bonds is 1. The SMILES string of the molecule is Cc1ccc([C@@H]2Nc3ccccc3[C@@H]3C=CC[C@@H]32)cc1. The average Bonchev–Trinajstić information content (AvgIpc) is 2.97. The van der Waals surface area contributed by atoms with E-state index in [9.17, 15) is 0 Å². The zero-order valence-corrected chi connectivity index (χ0v) is 11.7. The van der Waals surface area contributed by atoms with Crippen molar-refractivity contribution in [2.75, 3.05) is 5.32 Å². The van der Waals surface area contributed by atoms with Gasteiger partial charge < -0.3 is 5.32 Å². The Morgan fingerprint density at radius 3 is 2.65 bits per heavy atom. The van der Waals surface area contributed by atoms with Crippen molar-refractivity contribution in [1.29, 1.82) is 0 Å². The summed E-state index contributed by atoms with van der Waals surface area (Å²) in [6, 6.07) is 18.1. The van der Waals surface area contributed by atoms with Crippen molar-refractivity contribution in [3.05, 3.63) is 77.4 Å². The summed E-state index contributed by atoms with van der Waals surface area (Å²) < 4.78 is 0. The predicted octanol–water partition coefficient (Wildman–Crippen LogP) is 4.82. The minimum absolute atomic E-state index is 0.422. The first kappa shape index (κ1) is 11.8. The van der Waals surface area contributed by atoms with Gasteiger partial charge in [0.25, 0.3) is 0 Å². The van der Waals surface area contributed by atoms with Crippen LogP contribution < -0.4 is 5.32 Å². The molecule has 0 radical (unpaired) electrons. The topological polar surface area (TPSA) is 12.0 Å². The molecule has 0 saturated heterocycles. The van der Waals surface area contributed by atoms with Crippen LogP contribution in [-0.4, -0.2) is 0 Å². The second kappa shape index (κ2) is 4.52. The van der Waals surface area contributed by atoms with E-state index >= 15 is 0 Å². The van der Waals surface area contributed by atoms with Gasteiger partial charge in [-0.25, -0.2) is 0 Å². The number of aryl methyl sites for hydroxylation is 1. The number of hydrogen-bond donors (Lipinski definition) is 1. The average molecular weight is 261 g/mol. The molecule has 0 unspecified atom stereocenters. The summed E-state index contributed by atoms with van der Waals surface area (Å²) in [5.41, 5.74) is 5.48. The summed E-state index contributed by atoms with van der Waals surface area (Å²) in [5.74, 6) is 1.21. The van der Waals surface area contributed by atoms with Crippen molar-refractivity contribution in [2.45, 2.75) is 25.3 Å². The maximum Gasteiger partial charge on any atom is 0.0553 e. The summed E-state index contributed by atoms with van der Waals surface area (Å²) in [7, 11) is 0. The van der Waals surface area contributed by atoms with E-state index in [1.165, 1.54) is 28.8 Å². The van der Waals surface area contributed by atoms with Gasteiger partial charge in [0.05, 0.1) is 6.04 Å². The molecule has 0 amide bonds. The van der Waals surface area contributed by atoms with Crippen molar-refractivity contribution in [3.8, 4) is 0 Å². The van der Waals surface area contributed by atoms with Crippen molar-refractivity contribution >= 4 is 5.69 Å². The molecule has 1 heteroatoms. The van der Waals surface area contributed by atoms with Crippen LogP contribution in [0.25, 0.3) is 0 Å². The molecule has 4 rings (SSSR count). The Morgan fingerprint density at radius 1 is 1.00 bits per heavy atom. The Kier molecular flexibility index (Phi) is 2.66. The number of anilines is 1. The third kappa shape index (κ3) is 1.77. The van der Waals surface area contributed by atoms with Crippen LogP contribution in [-0.2, 0) is 0 Å². The number of benzene rings is 2.